The molecular formula is C15H21NO3. The van der Waals surface area contributed by atoms with Gasteiger partial charge in [0.15, 0.2) is 0 Å². The van der Waals surface area contributed by atoms with Crippen molar-refractivity contribution in [3.63, 3.8) is 0 Å². The fourth-order valence-electron chi connectivity index (χ4n) is 2.47. The standard InChI is InChI=1S/C15H21NO3/c1-15(2)12(8-9-13(15)17)16-14(18)19-10-11-6-4-3-5-7-11/h3-7,12-13,17H,8-10H2,1-2H3,(H,16,18)/t12-,13-/m0/s1. The summed E-state index contributed by atoms with van der Waals surface area (Å²) in [6, 6.07) is 9.53. The van der Waals surface area contributed by atoms with Crippen LogP contribution in [0.5, 0.6) is 0 Å². The molecule has 1 aliphatic rings. The molecule has 0 aliphatic heterocycles. The lowest BCUT2D eigenvalue weighted by Gasteiger charge is -2.30. The summed E-state index contributed by atoms with van der Waals surface area (Å²) in [6.07, 6.45) is 0.716. The number of benzene rings is 1. The van der Waals surface area contributed by atoms with Crippen LogP contribution in [0, 0.1) is 5.41 Å². The lowest BCUT2D eigenvalue weighted by Crippen LogP contribution is -2.45. The summed E-state index contributed by atoms with van der Waals surface area (Å²) in [6.45, 7) is 4.20. The van der Waals surface area contributed by atoms with Crippen molar-refractivity contribution < 1.29 is 14.6 Å². The third kappa shape index (κ3) is 3.26. The van der Waals surface area contributed by atoms with Crippen LogP contribution in [0.2, 0.25) is 0 Å². The van der Waals surface area contributed by atoms with Crippen molar-refractivity contribution in [2.75, 3.05) is 0 Å². The molecule has 19 heavy (non-hydrogen) atoms. The highest BCUT2D eigenvalue weighted by Gasteiger charge is 2.43. The average molecular weight is 263 g/mol. The molecule has 1 saturated carbocycles. The fraction of sp³-hybridized carbons (Fsp3) is 0.533. The van der Waals surface area contributed by atoms with E-state index in [1.165, 1.54) is 0 Å². The van der Waals surface area contributed by atoms with E-state index < -0.39 is 6.09 Å². The third-order valence-electron chi connectivity index (χ3n) is 3.99. The van der Waals surface area contributed by atoms with Crippen molar-refractivity contribution in [1.82, 2.24) is 5.32 Å². The van der Waals surface area contributed by atoms with E-state index in [0.29, 0.717) is 0 Å². The maximum atomic E-state index is 11.8. The van der Waals surface area contributed by atoms with E-state index in [-0.39, 0.29) is 24.2 Å². The Morgan fingerprint density at radius 2 is 2.05 bits per heavy atom. The first-order chi connectivity index (χ1) is 9.00. The summed E-state index contributed by atoms with van der Waals surface area (Å²) < 4.78 is 5.19. The smallest absolute Gasteiger partial charge is 0.407 e. The molecule has 1 aromatic carbocycles. The molecular weight excluding hydrogens is 242 g/mol. The van der Waals surface area contributed by atoms with Gasteiger partial charge in [0.1, 0.15) is 6.61 Å². The number of carbonyl (C=O) groups excluding carboxylic acids is 1. The highest BCUT2D eigenvalue weighted by atomic mass is 16.5. The fourth-order valence-corrected chi connectivity index (χ4v) is 2.47. The first-order valence-electron chi connectivity index (χ1n) is 6.65. The minimum atomic E-state index is -0.420. The van der Waals surface area contributed by atoms with Crippen LogP contribution in [-0.4, -0.2) is 23.3 Å². The van der Waals surface area contributed by atoms with Crippen molar-refractivity contribution >= 4 is 6.09 Å². The highest BCUT2D eigenvalue weighted by Crippen LogP contribution is 2.37. The molecule has 1 fully saturated rings. The van der Waals surface area contributed by atoms with Crippen LogP contribution >= 0.6 is 0 Å². The Balaban J connectivity index is 1.82. The van der Waals surface area contributed by atoms with E-state index in [1.54, 1.807) is 0 Å². The largest absolute Gasteiger partial charge is 0.445 e. The van der Waals surface area contributed by atoms with Crippen LogP contribution in [-0.2, 0) is 11.3 Å². The molecule has 2 N–H and O–H groups in total. The Morgan fingerprint density at radius 3 is 2.63 bits per heavy atom. The third-order valence-corrected chi connectivity index (χ3v) is 3.99. The molecule has 2 rings (SSSR count). The Bertz CT molecular complexity index is 430. The second-order valence-electron chi connectivity index (χ2n) is 5.67. The number of carbonyl (C=O) groups is 1. The molecule has 0 saturated heterocycles. The van der Waals surface area contributed by atoms with Crippen LogP contribution in [0.3, 0.4) is 0 Å². The molecule has 0 radical (unpaired) electrons. The van der Waals surface area contributed by atoms with Gasteiger partial charge in [0.2, 0.25) is 0 Å². The Morgan fingerprint density at radius 1 is 1.37 bits per heavy atom. The number of aliphatic hydroxyl groups is 1. The molecule has 1 aliphatic carbocycles. The van der Waals surface area contributed by atoms with Crippen LogP contribution in [0.4, 0.5) is 4.79 Å². The number of hydrogen-bond acceptors (Lipinski definition) is 3. The zero-order valence-electron chi connectivity index (χ0n) is 11.4. The molecule has 4 nitrogen and oxygen atoms in total. The minimum Gasteiger partial charge on any atom is -0.445 e. The Hall–Kier alpha value is -1.55. The number of ether oxygens (including phenoxy) is 1. The van der Waals surface area contributed by atoms with Gasteiger partial charge in [0, 0.05) is 11.5 Å². The normalized spacial score (nSPS) is 25.0. The maximum Gasteiger partial charge on any atom is 0.407 e. The van der Waals surface area contributed by atoms with Crippen LogP contribution in [0.1, 0.15) is 32.3 Å². The van der Waals surface area contributed by atoms with Crippen LogP contribution in [0.15, 0.2) is 30.3 Å². The zero-order chi connectivity index (χ0) is 13.9. The van der Waals surface area contributed by atoms with Gasteiger partial charge in [-0.15, -0.1) is 0 Å². The van der Waals surface area contributed by atoms with E-state index >= 15 is 0 Å². The van der Waals surface area contributed by atoms with Crippen molar-refractivity contribution in [2.45, 2.75) is 45.4 Å². The second kappa shape index (κ2) is 5.61. The van der Waals surface area contributed by atoms with Gasteiger partial charge < -0.3 is 15.2 Å². The highest BCUT2D eigenvalue weighted by molar-refractivity contribution is 5.67. The van der Waals surface area contributed by atoms with Gasteiger partial charge in [-0.3, -0.25) is 0 Å². The molecule has 0 unspecified atom stereocenters. The molecule has 0 spiro atoms. The molecule has 0 bridgehead atoms. The average Bonchev–Trinajstić information content (AvgIpc) is 2.64. The van der Waals surface area contributed by atoms with Gasteiger partial charge in [-0.05, 0) is 18.4 Å². The zero-order valence-corrected chi connectivity index (χ0v) is 11.4. The summed E-state index contributed by atoms with van der Waals surface area (Å²) in [5, 5.41) is 12.7. The molecule has 1 amide bonds. The number of amides is 1. The number of rotatable bonds is 3. The van der Waals surface area contributed by atoms with Gasteiger partial charge in [0.05, 0.1) is 6.10 Å². The molecule has 4 heteroatoms. The molecule has 0 heterocycles. The van der Waals surface area contributed by atoms with Crippen molar-refractivity contribution in [1.29, 1.82) is 0 Å². The number of hydrogen-bond donors (Lipinski definition) is 2. The first kappa shape index (κ1) is 13.9. The quantitative estimate of drug-likeness (QED) is 0.880. The summed E-state index contributed by atoms with van der Waals surface area (Å²) in [4.78, 5) is 11.8. The van der Waals surface area contributed by atoms with E-state index in [2.05, 4.69) is 5.32 Å². The first-order valence-corrected chi connectivity index (χ1v) is 6.65. The summed E-state index contributed by atoms with van der Waals surface area (Å²) in [5.74, 6) is 0. The number of nitrogens with one attached hydrogen (secondary N) is 1. The number of alkyl carbamates (subject to hydrolysis) is 1. The SMILES string of the molecule is CC1(C)[C@@H](NC(=O)OCc2ccccc2)CC[C@@H]1O. The predicted octanol–water partition coefficient (Wildman–Crippen LogP) is 2.46. The van der Waals surface area contributed by atoms with E-state index in [4.69, 9.17) is 4.74 Å². The summed E-state index contributed by atoms with van der Waals surface area (Å²) in [7, 11) is 0. The predicted molar refractivity (Wildman–Crippen MR) is 72.6 cm³/mol. The molecule has 2 atom stereocenters. The molecule has 1 aromatic rings. The van der Waals surface area contributed by atoms with Gasteiger partial charge in [-0.2, -0.15) is 0 Å². The van der Waals surface area contributed by atoms with Gasteiger partial charge in [-0.25, -0.2) is 4.79 Å². The number of aliphatic hydroxyl groups excluding tert-OH is 1. The molecule has 104 valence electrons. The van der Waals surface area contributed by atoms with Crippen molar-refractivity contribution in [3.8, 4) is 0 Å². The Labute approximate surface area is 113 Å². The minimum absolute atomic E-state index is 0.0363. The van der Waals surface area contributed by atoms with E-state index in [1.807, 2.05) is 44.2 Å². The monoisotopic (exact) mass is 263 g/mol. The topological polar surface area (TPSA) is 58.6 Å². The lowest BCUT2D eigenvalue weighted by atomic mass is 9.85. The maximum absolute atomic E-state index is 11.8. The summed E-state index contributed by atoms with van der Waals surface area (Å²) in [5.41, 5.74) is 0.662. The molecule has 0 aromatic heterocycles. The van der Waals surface area contributed by atoms with Gasteiger partial charge in [-0.1, -0.05) is 44.2 Å². The van der Waals surface area contributed by atoms with E-state index in [9.17, 15) is 9.90 Å². The van der Waals surface area contributed by atoms with E-state index in [0.717, 1.165) is 18.4 Å². The van der Waals surface area contributed by atoms with Gasteiger partial charge >= 0.3 is 6.09 Å². The second-order valence-corrected chi connectivity index (χ2v) is 5.67. The van der Waals surface area contributed by atoms with Crippen LogP contribution in [0.25, 0.3) is 0 Å². The lowest BCUT2D eigenvalue weighted by molar-refractivity contribution is 0.0612. The van der Waals surface area contributed by atoms with Gasteiger partial charge in [0.25, 0.3) is 0 Å². The van der Waals surface area contributed by atoms with Crippen LogP contribution < -0.4 is 5.32 Å². The summed E-state index contributed by atoms with van der Waals surface area (Å²) >= 11 is 0. The van der Waals surface area contributed by atoms with Crippen molar-refractivity contribution in [3.05, 3.63) is 35.9 Å². The van der Waals surface area contributed by atoms with Crippen molar-refractivity contribution in [2.24, 2.45) is 5.41 Å². The Kier molecular flexibility index (Phi) is 4.10.